The van der Waals surface area contributed by atoms with Crippen LogP contribution in [0.1, 0.15) is 11.7 Å². The lowest BCUT2D eigenvalue weighted by Gasteiger charge is -1.94. The van der Waals surface area contributed by atoms with Crippen molar-refractivity contribution in [3.05, 3.63) is 42.0 Å². The van der Waals surface area contributed by atoms with Gasteiger partial charge in [-0.2, -0.15) is 0 Å². The van der Waals surface area contributed by atoms with E-state index in [-0.39, 0.29) is 0 Å². The summed E-state index contributed by atoms with van der Waals surface area (Å²) < 4.78 is 5.38. The molecule has 0 saturated carbocycles. The summed E-state index contributed by atoms with van der Waals surface area (Å²) in [5, 5.41) is 0. The van der Waals surface area contributed by atoms with Crippen molar-refractivity contribution < 1.29 is 4.42 Å². The fraction of sp³-hybridized carbons (Fsp3) is 0.182. The van der Waals surface area contributed by atoms with Gasteiger partial charge in [-0.25, -0.2) is 4.98 Å². The molecule has 0 aliphatic carbocycles. The second kappa shape index (κ2) is 3.84. The van der Waals surface area contributed by atoms with Crippen LogP contribution in [0.15, 0.2) is 34.7 Å². The van der Waals surface area contributed by atoms with Crippen LogP contribution in [0.25, 0.3) is 11.3 Å². The van der Waals surface area contributed by atoms with Crippen molar-refractivity contribution >= 4 is 11.6 Å². The Morgan fingerprint density at radius 2 is 2.00 bits per heavy atom. The van der Waals surface area contributed by atoms with Crippen LogP contribution in [0.4, 0.5) is 0 Å². The van der Waals surface area contributed by atoms with Crippen LogP contribution in [0.3, 0.4) is 0 Å². The van der Waals surface area contributed by atoms with Gasteiger partial charge in [-0.1, -0.05) is 30.3 Å². The molecule has 2 rings (SSSR count). The van der Waals surface area contributed by atoms with Crippen LogP contribution in [-0.4, -0.2) is 4.98 Å². The van der Waals surface area contributed by atoms with E-state index in [0.29, 0.717) is 11.8 Å². The van der Waals surface area contributed by atoms with E-state index in [1.165, 1.54) is 0 Å². The van der Waals surface area contributed by atoms with E-state index in [0.717, 1.165) is 17.0 Å². The van der Waals surface area contributed by atoms with Crippen molar-refractivity contribution in [1.29, 1.82) is 0 Å². The van der Waals surface area contributed by atoms with E-state index in [9.17, 15) is 0 Å². The van der Waals surface area contributed by atoms with Gasteiger partial charge in [-0.15, -0.1) is 11.6 Å². The third-order valence-corrected chi connectivity index (χ3v) is 2.23. The van der Waals surface area contributed by atoms with Crippen LogP contribution < -0.4 is 0 Å². The van der Waals surface area contributed by atoms with Gasteiger partial charge in [0.25, 0.3) is 0 Å². The topological polar surface area (TPSA) is 26.0 Å². The molecule has 0 aliphatic heterocycles. The molecular weight excluding hydrogens is 198 g/mol. The number of benzene rings is 1. The lowest BCUT2D eigenvalue weighted by molar-refractivity contribution is 0.490. The second-order valence-corrected chi connectivity index (χ2v) is 3.28. The number of rotatable bonds is 2. The maximum atomic E-state index is 5.64. The molecule has 3 heteroatoms. The summed E-state index contributed by atoms with van der Waals surface area (Å²) in [7, 11) is 0. The molecule has 1 heterocycles. The molecule has 72 valence electrons. The number of alkyl halides is 1. The average Bonchev–Trinajstić information content (AvgIpc) is 2.61. The Kier molecular flexibility index (Phi) is 2.55. The van der Waals surface area contributed by atoms with Crippen molar-refractivity contribution in [3.8, 4) is 11.3 Å². The number of hydrogen-bond acceptors (Lipinski definition) is 2. The first-order valence-electron chi connectivity index (χ1n) is 4.39. The van der Waals surface area contributed by atoms with E-state index in [2.05, 4.69) is 4.98 Å². The van der Waals surface area contributed by atoms with Crippen molar-refractivity contribution in [2.24, 2.45) is 0 Å². The molecule has 0 amide bonds. The van der Waals surface area contributed by atoms with Gasteiger partial charge in [-0.3, -0.25) is 0 Å². The number of oxazole rings is 1. The third kappa shape index (κ3) is 1.66. The third-order valence-electron chi connectivity index (χ3n) is 2.00. The van der Waals surface area contributed by atoms with Crippen molar-refractivity contribution in [2.45, 2.75) is 12.8 Å². The van der Waals surface area contributed by atoms with Crippen LogP contribution in [0.5, 0.6) is 0 Å². The Morgan fingerprint density at radius 3 is 2.57 bits per heavy atom. The van der Waals surface area contributed by atoms with Gasteiger partial charge in [0.05, 0.1) is 5.88 Å². The summed E-state index contributed by atoms with van der Waals surface area (Å²) in [4.78, 5) is 4.30. The maximum absolute atomic E-state index is 5.64. The van der Waals surface area contributed by atoms with Crippen molar-refractivity contribution in [2.75, 3.05) is 0 Å². The minimum Gasteiger partial charge on any atom is -0.444 e. The molecule has 0 aliphatic rings. The zero-order valence-electron chi connectivity index (χ0n) is 7.83. The molecule has 0 fully saturated rings. The molecule has 1 aromatic carbocycles. The summed E-state index contributed by atoms with van der Waals surface area (Å²) in [6.45, 7) is 1.89. The van der Waals surface area contributed by atoms with E-state index in [1.807, 2.05) is 37.3 Å². The van der Waals surface area contributed by atoms with E-state index >= 15 is 0 Å². The quantitative estimate of drug-likeness (QED) is 0.706. The highest BCUT2D eigenvalue weighted by atomic mass is 35.5. The highest BCUT2D eigenvalue weighted by Gasteiger charge is 2.09. The van der Waals surface area contributed by atoms with Crippen LogP contribution in [0, 0.1) is 6.92 Å². The summed E-state index contributed by atoms with van der Waals surface area (Å²) in [5.74, 6) is 1.70. The van der Waals surface area contributed by atoms with Gasteiger partial charge in [0.2, 0.25) is 5.89 Å². The minimum absolute atomic E-state index is 0.313. The van der Waals surface area contributed by atoms with E-state index < -0.39 is 0 Å². The molecule has 0 radical (unpaired) electrons. The van der Waals surface area contributed by atoms with Crippen molar-refractivity contribution in [1.82, 2.24) is 4.98 Å². The van der Waals surface area contributed by atoms with Crippen LogP contribution >= 0.6 is 11.6 Å². The summed E-state index contributed by atoms with van der Waals surface area (Å²) in [5.41, 5.74) is 1.94. The highest BCUT2D eigenvalue weighted by Crippen LogP contribution is 2.23. The predicted molar refractivity (Wildman–Crippen MR) is 56.2 cm³/mol. The van der Waals surface area contributed by atoms with Gasteiger partial charge in [0.1, 0.15) is 11.5 Å². The number of hydrogen-bond donors (Lipinski definition) is 0. The largest absolute Gasteiger partial charge is 0.444 e. The number of aromatic nitrogens is 1. The molecule has 1 aromatic heterocycles. The normalized spacial score (nSPS) is 10.4. The second-order valence-electron chi connectivity index (χ2n) is 3.01. The zero-order chi connectivity index (χ0) is 9.97. The average molecular weight is 208 g/mol. The fourth-order valence-corrected chi connectivity index (χ4v) is 1.49. The van der Waals surface area contributed by atoms with Crippen molar-refractivity contribution in [3.63, 3.8) is 0 Å². The standard InChI is InChI=1S/C11H10ClNO/c1-8-11(13-10(7-12)14-8)9-5-3-2-4-6-9/h2-6H,7H2,1H3. The molecule has 0 atom stereocenters. The highest BCUT2D eigenvalue weighted by molar-refractivity contribution is 6.16. The van der Waals surface area contributed by atoms with Gasteiger partial charge in [0.15, 0.2) is 0 Å². The first kappa shape index (κ1) is 9.28. The van der Waals surface area contributed by atoms with Crippen LogP contribution in [-0.2, 0) is 5.88 Å². The van der Waals surface area contributed by atoms with Crippen LogP contribution in [0.2, 0.25) is 0 Å². The Labute approximate surface area is 87.5 Å². The summed E-state index contributed by atoms with van der Waals surface area (Å²) >= 11 is 5.64. The predicted octanol–water partition coefficient (Wildman–Crippen LogP) is 3.39. The molecule has 0 bridgehead atoms. The lowest BCUT2D eigenvalue weighted by atomic mass is 10.1. The Bertz CT molecular complexity index is 422. The molecule has 2 nitrogen and oxygen atoms in total. The van der Waals surface area contributed by atoms with Gasteiger partial charge < -0.3 is 4.42 Å². The maximum Gasteiger partial charge on any atom is 0.209 e. The first-order valence-corrected chi connectivity index (χ1v) is 4.92. The Morgan fingerprint density at radius 1 is 1.29 bits per heavy atom. The van der Waals surface area contributed by atoms with Gasteiger partial charge in [0, 0.05) is 5.56 Å². The molecule has 14 heavy (non-hydrogen) atoms. The molecule has 2 aromatic rings. The molecular formula is C11H10ClNO. The molecule has 0 spiro atoms. The fourth-order valence-electron chi connectivity index (χ4n) is 1.37. The zero-order valence-corrected chi connectivity index (χ0v) is 8.58. The number of aryl methyl sites for hydroxylation is 1. The monoisotopic (exact) mass is 207 g/mol. The van der Waals surface area contributed by atoms with Gasteiger partial charge >= 0.3 is 0 Å². The molecule has 0 N–H and O–H groups in total. The smallest absolute Gasteiger partial charge is 0.209 e. The molecule has 0 unspecified atom stereocenters. The SMILES string of the molecule is Cc1oc(CCl)nc1-c1ccccc1. The minimum atomic E-state index is 0.313. The summed E-state index contributed by atoms with van der Waals surface area (Å²) in [6.07, 6.45) is 0. The van der Waals surface area contributed by atoms with E-state index in [4.69, 9.17) is 16.0 Å². The molecule has 0 saturated heterocycles. The summed E-state index contributed by atoms with van der Waals surface area (Å²) in [6, 6.07) is 9.93. The number of nitrogens with zero attached hydrogens (tertiary/aromatic N) is 1. The first-order chi connectivity index (χ1) is 6.81. The lowest BCUT2D eigenvalue weighted by Crippen LogP contribution is -1.80. The van der Waals surface area contributed by atoms with E-state index in [1.54, 1.807) is 0 Å². The Hall–Kier alpha value is -1.28. The van der Waals surface area contributed by atoms with Gasteiger partial charge in [-0.05, 0) is 6.92 Å². The number of halogens is 1. The Balaban J connectivity index is 2.46.